The molecule has 6 nitrogen and oxygen atoms in total. The van der Waals surface area contributed by atoms with Crippen molar-refractivity contribution in [2.24, 2.45) is 0 Å². The Labute approximate surface area is 102 Å². The van der Waals surface area contributed by atoms with E-state index in [1.54, 1.807) is 25.5 Å². The van der Waals surface area contributed by atoms with Gasteiger partial charge >= 0.3 is 0 Å². The molecule has 1 rings (SSSR count). The second-order valence-electron chi connectivity index (χ2n) is 4.86. The maximum absolute atomic E-state index is 11.9. The highest BCUT2D eigenvalue weighted by Crippen LogP contribution is 2.16. The van der Waals surface area contributed by atoms with Crippen LogP contribution < -0.4 is 5.32 Å². The van der Waals surface area contributed by atoms with Crippen LogP contribution in [-0.4, -0.2) is 40.7 Å². The molecule has 1 aromatic rings. The summed E-state index contributed by atoms with van der Waals surface area (Å²) in [5.41, 5.74) is 0. The van der Waals surface area contributed by atoms with Crippen molar-refractivity contribution in [3.05, 3.63) is 12.2 Å². The predicted molar refractivity (Wildman–Crippen MR) is 66.3 cm³/mol. The zero-order chi connectivity index (χ0) is 13.1. The minimum absolute atomic E-state index is 0.0799. The van der Waals surface area contributed by atoms with Crippen molar-refractivity contribution in [1.82, 2.24) is 20.1 Å². The fourth-order valence-electron chi connectivity index (χ4n) is 1.28. The van der Waals surface area contributed by atoms with E-state index in [1.807, 2.05) is 7.05 Å². The van der Waals surface area contributed by atoms with Crippen LogP contribution in [0.3, 0.4) is 0 Å². The highest BCUT2D eigenvalue weighted by molar-refractivity contribution is 7.92. The molecule has 17 heavy (non-hydrogen) atoms. The maximum Gasteiger partial charge on any atom is 0.157 e. The molecule has 7 heteroatoms. The lowest BCUT2D eigenvalue weighted by Gasteiger charge is -2.19. The van der Waals surface area contributed by atoms with Gasteiger partial charge in [0, 0.05) is 0 Å². The molecule has 0 radical (unpaired) electrons. The van der Waals surface area contributed by atoms with Crippen molar-refractivity contribution in [3.63, 3.8) is 0 Å². The SMILES string of the molecule is CNCc1ncnn1CCS(=O)(=O)C(C)(C)C. The number of aryl methyl sites for hydroxylation is 1. The molecule has 0 aromatic carbocycles. The van der Waals surface area contributed by atoms with Crippen LogP contribution in [0.2, 0.25) is 0 Å². The van der Waals surface area contributed by atoms with Gasteiger partial charge in [0.25, 0.3) is 0 Å². The molecule has 0 amide bonds. The number of rotatable bonds is 5. The molecule has 0 aliphatic carbocycles. The normalized spacial score (nSPS) is 12.9. The summed E-state index contributed by atoms with van der Waals surface area (Å²) >= 11 is 0. The standard InChI is InChI=1S/C10H20N4O2S/c1-10(2,3)17(15,16)6-5-14-9(7-11-4)12-8-13-14/h8,11H,5-7H2,1-4H3. The fraction of sp³-hybridized carbons (Fsp3) is 0.800. The number of nitrogens with one attached hydrogen (secondary N) is 1. The molecular formula is C10H20N4O2S. The van der Waals surface area contributed by atoms with Crippen LogP contribution in [0.4, 0.5) is 0 Å². The highest BCUT2D eigenvalue weighted by atomic mass is 32.2. The third-order valence-corrected chi connectivity index (χ3v) is 5.12. The summed E-state index contributed by atoms with van der Waals surface area (Å²) < 4.78 is 24.8. The molecule has 0 aliphatic heterocycles. The Morgan fingerprint density at radius 2 is 2.06 bits per heavy atom. The van der Waals surface area contributed by atoms with Crippen LogP contribution in [-0.2, 0) is 22.9 Å². The average molecular weight is 260 g/mol. The summed E-state index contributed by atoms with van der Waals surface area (Å²) in [6, 6.07) is 0. The van der Waals surface area contributed by atoms with Gasteiger partial charge in [-0.2, -0.15) is 5.10 Å². The molecule has 0 saturated heterocycles. The van der Waals surface area contributed by atoms with E-state index in [1.165, 1.54) is 6.33 Å². The molecule has 0 spiro atoms. The number of aromatic nitrogens is 3. The van der Waals surface area contributed by atoms with Crippen molar-refractivity contribution < 1.29 is 8.42 Å². The molecule has 98 valence electrons. The molecule has 0 aliphatic rings. The van der Waals surface area contributed by atoms with Crippen molar-refractivity contribution in [3.8, 4) is 0 Å². The van der Waals surface area contributed by atoms with E-state index in [0.717, 1.165) is 5.82 Å². The Balaban J connectivity index is 2.71. The quantitative estimate of drug-likeness (QED) is 0.819. The van der Waals surface area contributed by atoms with Crippen LogP contribution in [0.15, 0.2) is 6.33 Å². The highest BCUT2D eigenvalue weighted by Gasteiger charge is 2.28. The molecule has 0 atom stereocenters. The first-order chi connectivity index (χ1) is 7.78. The van der Waals surface area contributed by atoms with Gasteiger partial charge < -0.3 is 5.32 Å². The molecule has 1 aromatic heterocycles. The van der Waals surface area contributed by atoms with Crippen molar-refractivity contribution in [2.75, 3.05) is 12.8 Å². The Hall–Kier alpha value is -0.950. The Bertz CT molecular complexity index is 459. The number of nitrogens with zero attached hydrogens (tertiary/aromatic N) is 3. The molecule has 1 N–H and O–H groups in total. The lowest BCUT2D eigenvalue weighted by molar-refractivity contribution is 0.540. The Morgan fingerprint density at radius 3 is 2.59 bits per heavy atom. The van der Waals surface area contributed by atoms with E-state index in [-0.39, 0.29) is 5.75 Å². The molecule has 0 saturated carbocycles. The summed E-state index contributed by atoms with van der Waals surface area (Å²) in [5.74, 6) is 0.827. The average Bonchev–Trinajstić information content (AvgIpc) is 2.61. The van der Waals surface area contributed by atoms with Crippen LogP contribution in [0.25, 0.3) is 0 Å². The Kier molecular flexibility index (Phi) is 4.26. The summed E-state index contributed by atoms with van der Waals surface area (Å²) in [4.78, 5) is 4.06. The van der Waals surface area contributed by atoms with E-state index in [4.69, 9.17) is 0 Å². The molecule has 1 heterocycles. The largest absolute Gasteiger partial charge is 0.313 e. The van der Waals surface area contributed by atoms with Gasteiger partial charge in [-0.15, -0.1) is 0 Å². The first-order valence-electron chi connectivity index (χ1n) is 5.51. The summed E-state index contributed by atoms with van der Waals surface area (Å²) in [6.45, 7) is 6.04. The molecule has 0 fully saturated rings. The van der Waals surface area contributed by atoms with Crippen LogP contribution in [0.1, 0.15) is 26.6 Å². The zero-order valence-electron chi connectivity index (χ0n) is 10.8. The van der Waals surface area contributed by atoms with Crippen molar-refractivity contribution in [1.29, 1.82) is 0 Å². The summed E-state index contributed by atoms with van der Waals surface area (Å²) in [7, 11) is -1.30. The van der Waals surface area contributed by atoms with Gasteiger partial charge in [0.15, 0.2) is 9.84 Å². The summed E-state index contributed by atoms with van der Waals surface area (Å²) in [6.07, 6.45) is 1.44. The zero-order valence-corrected chi connectivity index (χ0v) is 11.6. The van der Waals surface area contributed by atoms with Gasteiger partial charge in [-0.05, 0) is 27.8 Å². The van der Waals surface area contributed by atoms with E-state index in [0.29, 0.717) is 13.1 Å². The van der Waals surface area contributed by atoms with Crippen LogP contribution in [0, 0.1) is 0 Å². The van der Waals surface area contributed by atoms with Crippen molar-refractivity contribution in [2.45, 2.75) is 38.6 Å². The second kappa shape index (κ2) is 5.14. The predicted octanol–water partition coefficient (Wildman–Crippen LogP) is 0.211. The molecular weight excluding hydrogens is 240 g/mol. The van der Waals surface area contributed by atoms with E-state index < -0.39 is 14.6 Å². The first kappa shape index (κ1) is 14.1. The van der Waals surface area contributed by atoms with E-state index in [2.05, 4.69) is 15.4 Å². The van der Waals surface area contributed by atoms with Gasteiger partial charge in [-0.3, -0.25) is 0 Å². The lowest BCUT2D eigenvalue weighted by Crippen LogP contribution is -2.32. The first-order valence-corrected chi connectivity index (χ1v) is 7.17. The van der Waals surface area contributed by atoms with Crippen molar-refractivity contribution >= 4 is 9.84 Å². The fourth-order valence-corrected chi connectivity index (χ4v) is 2.31. The third-order valence-electron chi connectivity index (χ3n) is 2.54. The lowest BCUT2D eigenvalue weighted by atomic mass is 10.3. The number of hydrogen-bond acceptors (Lipinski definition) is 5. The minimum atomic E-state index is -3.11. The van der Waals surface area contributed by atoms with Gasteiger partial charge in [-0.1, -0.05) is 0 Å². The van der Waals surface area contributed by atoms with Gasteiger partial charge in [0.1, 0.15) is 12.2 Å². The molecule has 0 bridgehead atoms. The smallest absolute Gasteiger partial charge is 0.157 e. The number of hydrogen-bond donors (Lipinski definition) is 1. The second-order valence-corrected chi connectivity index (χ2v) is 7.72. The monoisotopic (exact) mass is 260 g/mol. The van der Waals surface area contributed by atoms with Crippen LogP contribution in [0.5, 0.6) is 0 Å². The topological polar surface area (TPSA) is 76.9 Å². The third kappa shape index (κ3) is 3.50. The molecule has 0 unspecified atom stereocenters. The maximum atomic E-state index is 11.9. The Morgan fingerprint density at radius 1 is 1.41 bits per heavy atom. The van der Waals surface area contributed by atoms with Gasteiger partial charge in [0.2, 0.25) is 0 Å². The minimum Gasteiger partial charge on any atom is -0.313 e. The van der Waals surface area contributed by atoms with E-state index >= 15 is 0 Å². The van der Waals surface area contributed by atoms with E-state index in [9.17, 15) is 8.42 Å². The summed E-state index contributed by atoms with van der Waals surface area (Å²) in [5, 5.41) is 6.99. The van der Waals surface area contributed by atoms with Crippen LogP contribution >= 0.6 is 0 Å². The van der Waals surface area contributed by atoms with Gasteiger partial charge in [0.05, 0.1) is 23.6 Å². The number of sulfone groups is 1. The van der Waals surface area contributed by atoms with Gasteiger partial charge in [-0.25, -0.2) is 18.1 Å².